The van der Waals surface area contributed by atoms with E-state index in [1.165, 1.54) is 30.1 Å². The molecule has 2 unspecified atom stereocenters. The quantitative estimate of drug-likeness (QED) is 0.321. The highest BCUT2D eigenvalue weighted by Crippen LogP contribution is 2.36. The van der Waals surface area contributed by atoms with Crippen LogP contribution in [0.3, 0.4) is 0 Å². The molecule has 1 fully saturated rings. The van der Waals surface area contributed by atoms with Crippen LogP contribution in [0.15, 0.2) is 0 Å². The van der Waals surface area contributed by atoms with Gasteiger partial charge in [-0.2, -0.15) is 13.2 Å². The van der Waals surface area contributed by atoms with Crippen molar-refractivity contribution in [2.24, 2.45) is 11.8 Å². The Morgan fingerprint density at radius 2 is 1.65 bits per heavy atom. The Bertz CT molecular complexity index is 203. The van der Waals surface area contributed by atoms with Crippen molar-refractivity contribution < 1.29 is 13.2 Å². The zero-order valence-corrected chi connectivity index (χ0v) is 12.4. The van der Waals surface area contributed by atoms with Crippen molar-refractivity contribution in [2.45, 2.75) is 64.0 Å². The lowest BCUT2D eigenvalue weighted by Gasteiger charge is -2.29. The van der Waals surface area contributed by atoms with E-state index >= 15 is 0 Å². The van der Waals surface area contributed by atoms with Gasteiger partial charge in [-0.15, -0.1) is 0 Å². The molecule has 102 valence electrons. The zero-order chi connectivity index (χ0) is 12.7. The van der Waals surface area contributed by atoms with Crippen molar-refractivity contribution in [1.82, 2.24) is 0 Å². The average Bonchev–Trinajstić information content (AvgIpc) is 2.27. The summed E-state index contributed by atoms with van der Waals surface area (Å²) in [4.78, 5) is 0. The van der Waals surface area contributed by atoms with Gasteiger partial charge in [0.05, 0.1) is 0 Å². The van der Waals surface area contributed by atoms with Gasteiger partial charge in [-0.25, -0.2) is 0 Å². The van der Waals surface area contributed by atoms with E-state index < -0.39 is 12.6 Å². The van der Waals surface area contributed by atoms with Crippen molar-refractivity contribution >= 4 is 22.6 Å². The van der Waals surface area contributed by atoms with Crippen LogP contribution in [0.2, 0.25) is 0 Å². The van der Waals surface area contributed by atoms with Crippen LogP contribution >= 0.6 is 22.6 Å². The zero-order valence-electron chi connectivity index (χ0n) is 10.2. The summed E-state index contributed by atoms with van der Waals surface area (Å²) in [5, 5.41) is 0. The van der Waals surface area contributed by atoms with Gasteiger partial charge < -0.3 is 0 Å². The molecule has 1 aliphatic rings. The van der Waals surface area contributed by atoms with Gasteiger partial charge in [-0.1, -0.05) is 54.7 Å². The minimum absolute atomic E-state index is 0.329. The molecule has 0 bridgehead atoms. The normalized spacial score (nSPS) is 26.1. The topological polar surface area (TPSA) is 0 Å². The van der Waals surface area contributed by atoms with Crippen LogP contribution in [0.25, 0.3) is 0 Å². The monoisotopic (exact) mass is 362 g/mol. The van der Waals surface area contributed by atoms with Gasteiger partial charge in [0.25, 0.3) is 0 Å². The summed E-state index contributed by atoms with van der Waals surface area (Å²) in [6.07, 6.45) is 3.96. The number of alkyl halides is 4. The van der Waals surface area contributed by atoms with Gasteiger partial charge in [-0.3, -0.25) is 0 Å². The Morgan fingerprint density at radius 1 is 1.00 bits per heavy atom. The van der Waals surface area contributed by atoms with E-state index in [4.69, 9.17) is 0 Å². The lowest BCUT2D eigenvalue weighted by atomic mass is 9.77. The first-order chi connectivity index (χ1) is 8.01. The molecule has 0 aromatic rings. The predicted octanol–water partition coefficient (Wildman–Crippen LogP) is 5.74. The Morgan fingerprint density at radius 3 is 2.24 bits per heavy atom. The van der Waals surface area contributed by atoms with Crippen LogP contribution in [-0.4, -0.2) is 10.6 Å². The maximum atomic E-state index is 12.2. The molecule has 0 aromatic heterocycles. The van der Waals surface area contributed by atoms with Crippen molar-refractivity contribution in [3.05, 3.63) is 0 Å². The summed E-state index contributed by atoms with van der Waals surface area (Å²) in [5.41, 5.74) is 0. The summed E-state index contributed by atoms with van der Waals surface area (Å²) in [5.74, 6) is 1.03. The Labute approximate surface area is 116 Å². The molecular formula is C13H22F3I. The third kappa shape index (κ3) is 7.52. The fraction of sp³-hybridized carbons (Fsp3) is 1.00. The maximum absolute atomic E-state index is 12.2. The summed E-state index contributed by atoms with van der Waals surface area (Å²) in [7, 11) is 0. The first-order valence-electron chi connectivity index (χ1n) is 6.64. The lowest BCUT2D eigenvalue weighted by molar-refractivity contribution is -0.138. The number of unbranched alkanes of at least 4 members (excludes halogenated alkanes) is 1. The predicted molar refractivity (Wildman–Crippen MR) is 73.5 cm³/mol. The van der Waals surface area contributed by atoms with E-state index in [9.17, 15) is 13.2 Å². The smallest absolute Gasteiger partial charge is 0.171 e. The van der Waals surface area contributed by atoms with Gasteiger partial charge in [0.2, 0.25) is 0 Å². The fourth-order valence-electron chi connectivity index (χ4n) is 2.82. The van der Waals surface area contributed by atoms with E-state index in [1.807, 2.05) is 0 Å². The molecule has 0 aromatic carbocycles. The molecule has 0 radical (unpaired) electrons. The molecule has 17 heavy (non-hydrogen) atoms. The summed E-state index contributed by atoms with van der Waals surface area (Å²) in [6.45, 7) is 0. The highest BCUT2D eigenvalue weighted by molar-refractivity contribution is 14.1. The van der Waals surface area contributed by atoms with Crippen LogP contribution < -0.4 is 0 Å². The van der Waals surface area contributed by atoms with Crippen LogP contribution in [0, 0.1) is 11.8 Å². The van der Waals surface area contributed by atoms with Gasteiger partial charge >= 0.3 is 6.18 Å². The van der Waals surface area contributed by atoms with Crippen molar-refractivity contribution in [2.75, 3.05) is 4.43 Å². The van der Waals surface area contributed by atoms with Crippen LogP contribution in [0.5, 0.6) is 0 Å². The van der Waals surface area contributed by atoms with Crippen LogP contribution in [0.1, 0.15) is 57.8 Å². The Balaban J connectivity index is 2.19. The average molecular weight is 362 g/mol. The first kappa shape index (κ1) is 15.6. The number of hydrogen-bond acceptors (Lipinski definition) is 0. The molecular weight excluding hydrogens is 340 g/mol. The maximum Gasteiger partial charge on any atom is 0.389 e. The molecule has 0 aliphatic heterocycles. The van der Waals surface area contributed by atoms with Gasteiger partial charge in [0.15, 0.2) is 0 Å². The second kappa shape index (κ2) is 7.85. The summed E-state index contributed by atoms with van der Waals surface area (Å²) in [6, 6.07) is 0. The minimum Gasteiger partial charge on any atom is -0.171 e. The van der Waals surface area contributed by atoms with Crippen molar-refractivity contribution in [3.63, 3.8) is 0 Å². The second-order valence-electron chi connectivity index (χ2n) is 5.24. The molecule has 0 nitrogen and oxygen atoms in total. The molecule has 1 aliphatic carbocycles. The van der Waals surface area contributed by atoms with E-state index in [-0.39, 0.29) is 0 Å². The van der Waals surface area contributed by atoms with E-state index in [0.29, 0.717) is 18.3 Å². The van der Waals surface area contributed by atoms with Crippen molar-refractivity contribution in [3.8, 4) is 0 Å². The third-order valence-electron chi connectivity index (χ3n) is 3.72. The fourth-order valence-corrected chi connectivity index (χ4v) is 3.36. The molecule has 1 rings (SSSR count). The van der Waals surface area contributed by atoms with Gasteiger partial charge in [0, 0.05) is 6.42 Å². The molecule has 0 saturated heterocycles. The molecule has 0 amide bonds. The number of rotatable bonds is 6. The highest BCUT2D eigenvalue weighted by atomic mass is 127. The third-order valence-corrected chi connectivity index (χ3v) is 4.49. The Hall–Kier alpha value is 0.520. The molecule has 4 heteroatoms. The highest BCUT2D eigenvalue weighted by Gasteiger charge is 2.30. The number of halogens is 4. The summed E-state index contributed by atoms with van der Waals surface area (Å²) >= 11 is 2.38. The van der Waals surface area contributed by atoms with E-state index in [0.717, 1.165) is 19.3 Å². The standard InChI is InChI=1S/C13H22F3I/c14-13(15,16)8-7-12-6-3-5-11(10-12)4-1-2-9-17/h11-12H,1-10H2. The van der Waals surface area contributed by atoms with Gasteiger partial charge in [0.1, 0.15) is 0 Å². The molecule has 0 heterocycles. The largest absolute Gasteiger partial charge is 0.389 e. The first-order valence-corrected chi connectivity index (χ1v) is 8.16. The van der Waals surface area contributed by atoms with E-state index in [2.05, 4.69) is 22.6 Å². The van der Waals surface area contributed by atoms with Gasteiger partial charge in [-0.05, 0) is 35.5 Å². The lowest BCUT2D eigenvalue weighted by Crippen LogP contribution is -2.18. The van der Waals surface area contributed by atoms with Crippen molar-refractivity contribution in [1.29, 1.82) is 0 Å². The summed E-state index contributed by atoms with van der Waals surface area (Å²) < 4.78 is 37.7. The molecule has 1 saturated carbocycles. The Kier molecular flexibility index (Phi) is 7.19. The minimum atomic E-state index is -3.96. The van der Waals surface area contributed by atoms with Crippen LogP contribution in [-0.2, 0) is 0 Å². The molecule has 0 N–H and O–H groups in total. The molecule has 0 spiro atoms. The molecule has 2 atom stereocenters. The SMILES string of the molecule is FC(F)(F)CCC1CCCC(CCCCI)C1. The van der Waals surface area contributed by atoms with E-state index in [1.54, 1.807) is 0 Å². The van der Waals surface area contributed by atoms with Crippen LogP contribution in [0.4, 0.5) is 13.2 Å². The second-order valence-corrected chi connectivity index (χ2v) is 6.32. The number of hydrogen-bond donors (Lipinski definition) is 0.